The molecule has 120 valence electrons. The van der Waals surface area contributed by atoms with Crippen LogP contribution < -0.4 is 10.2 Å². The van der Waals surface area contributed by atoms with Gasteiger partial charge in [0.15, 0.2) is 0 Å². The number of anilines is 2. The molecule has 1 amide bonds. The Morgan fingerprint density at radius 1 is 1.09 bits per heavy atom. The summed E-state index contributed by atoms with van der Waals surface area (Å²) < 4.78 is 0. The minimum Gasteiger partial charge on any atom is -0.368 e. The molecular weight excluding hydrogens is 288 g/mol. The van der Waals surface area contributed by atoms with Crippen molar-refractivity contribution in [3.63, 3.8) is 0 Å². The van der Waals surface area contributed by atoms with E-state index in [0.717, 1.165) is 43.1 Å². The topological polar surface area (TPSA) is 48.5 Å². The van der Waals surface area contributed by atoms with Crippen molar-refractivity contribution in [3.8, 4) is 0 Å². The maximum Gasteiger partial charge on any atom is 0.274 e. The number of carbonyl (C=O) groups is 1. The zero-order valence-electron chi connectivity index (χ0n) is 13.6. The van der Waals surface area contributed by atoms with Crippen molar-refractivity contribution in [3.05, 3.63) is 53.9 Å². The monoisotopic (exact) mass is 310 g/mol. The molecule has 2 aromatic rings. The third-order valence-corrected chi connectivity index (χ3v) is 4.24. The summed E-state index contributed by atoms with van der Waals surface area (Å²) in [5.41, 5.74) is 3.37. The second-order valence-electron chi connectivity index (χ2n) is 5.96. The molecule has 0 saturated carbocycles. The van der Waals surface area contributed by atoms with Crippen LogP contribution in [-0.2, 0) is 0 Å². The van der Waals surface area contributed by atoms with Crippen LogP contribution in [0.2, 0.25) is 0 Å². The highest BCUT2D eigenvalue weighted by atomic mass is 16.1. The summed E-state index contributed by atoms with van der Waals surface area (Å²) in [5, 5.41) is 2.91. The maximum atomic E-state index is 12.3. The first-order chi connectivity index (χ1) is 11.1. The Labute approximate surface area is 136 Å². The molecule has 2 heterocycles. The molecule has 0 bridgehead atoms. The number of hydrogen-bond donors (Lipinski definition) is 1. The van der Waals surface area contributed by atoms with Crippen LogP contribution in [0.25, 0.3) is 0 Å². The van der Waals surface area contributed by atoms with E-state index in [4.69, 9.17) is 0 Å². The first-order valence-electron chi connectivity index (χ1n) is 7.90. The van der Waals surface area contributed by atoms with Crippen LogP contribution in [0.1, 0.15) is 16.1 Å². The summed E-state index contributed by atoms with van der Waals surface area (Å²) in [4.78, 5) is 21.2. The third-order valence-electron chi connectivity index (χ3n) is 4.24. The van der Waals surface area contributed by atoms with Crippen molar-refractivity contribution in [2.45, 2.75) is 6.92 Å². The van der Waals surface area contributed by atoms with Crippen molar-refractivity contribution in [2.24, 2.45) is 0 Å². The van der Waals surface area contributed by atoms with E-state index >= 15 is 0 Å². The molecule has 0 radical (unpaired) electrons. The highest BCUT2D eigenvalue weighted by molar-refractivity contribution is 6.03. The fraction of sp³-hybridized carbons (Fsp3) is 0.333. The largest absolute Gasteiger partial charge is 0.368 e. The SMILES string of the molecule is Cc1ccccc1NC(=O)c1ccc(N2CCN(C)CC2)cn1. The smallest absolute Gasteiger partial charge is 0.274 e. The minimum absolute atomic E-state index is 0.177. The lowest BCUT2D eigenvalue weighted by Crippen LogP contribution is -2.44. The molecule has 23 heavy (non-hydrogen) atoms. The molecule has 5 heteroatoms. The summed E-state index contributed by atoms with van der Waals surface area (Å²) in [6.07, 6.45) is 1.79. The number of likely N-dealkylation sites (N-methyl/N-ethyl adjacent to an activating group) is 1. The summed E-state index contributed by atoms with van der Waals surface area (Å²) in [7, 11) is 2.13. The standard InChI is InChI=1S/C18H22N4O/c1-14-5-3-4-6-16(14)20-18(23)17-8-7-15(13-19-17)22-11-9-21(2)10-12-22/h3-8,13H,9-12H2,1-2H3,(H,20,23). The predicted octanol–water partition coefficient (Wildman–Crippen LogP) is 2.39. The van der Waals surface area contributed by atoms with Gasteiger partial charge in [-0.25, -0.2) is 4.98 Å². The number of benzene rings is 1. The molecular formula is C18H22N4O. The normalized spacial score (nSPS) is 15.5. The fourth-order valence-electron chi connectivity index (χ4n) is 2.67. The first-order valence-corrected chi connectivity index (χ1v) is 7.90. The number of aryl methyl sites for hydroxylation is 1. The predicted molar refractivity (Wildman–Crippen MR) is 93.1 cm³/mol. The van der Waals surface area contributed by atoms with E-state index in [1.807, 2.05) is 37.3 Å². The molecule has 0 unspecified atom stereocenters. The van der Waals surface area contributed by atoms with E-state index in [1.165, 1.54) is 0 Å². The van der Waals surface area contributed by atoms with Gasteiger partial charge in [0, 0.05) is 31.9 Å². The Kier molecular flexibility index (Phi) is 4.57. The molecule has 0 atom stereocenters. The number of aromatic nitrogens is 1. The summed E-state index contributed by atoms with van der Waals surface area (Å²) in [6, 6.07) is 11.5. The van der Waals surface area contributed by atoms with E-state index in [2.05, 4.69) is 27.1 Å². The zero-order valence-corrected chi connectivity index (χ0v) is 13.6. The van der Waals surface area contributed by atoms with Crippen molar-refractivity contribution >= 4 is 17.3 Å². The number of para-hydroxylation sites is 1. The summed E-state index contributed by atoms with van der Waals surface area (Å²) >= 11 is 0. The molecule has 1 aromatic heterocycles. The third kappa shape index (κ3) is 3.68. The molecule has 5 nitrogen and oxygen atoms in total. The van der Waals surface area contributed by atoms with E-state index in [0.29, 0.717) is 5.69 Å². The van der Waals surface area contributed by atoms with Gasteiger partial charge >= 0.3 is 0 Å². The number of nitrogens with one attached hydrogen (secondary N) is 1. The van der Waals surface area contributed by atoms with Crippen LogP contribution in [0.3, 0.4) is 0 Å². The number of carbonyl (C=O) groups excluding carboxylic acids is 1. The van der Waals surface area contributed by atoms with Gasteiger partial charge in [-0.3, -0.25) is 4.79 Å². The van der Waals surface area contributed by atoms with Gasteiger partial charge in [-0.15, -0.1) is 0 Å². The highest BCUT2D eigenvalue weighted by Gasteiger charge is 2.15. The van der Waals surface area contributed by atoms with E-state index in [-0.39, 0.29) is 5.91 Å². The van der Waals surface area contributed by atoms with Crippen LogP contribution in [0.15, 0.2) is 42.6 Å². The lowest BCUT2D eigenvalue weighted by atomic mass is 10.2. The molecule has 0 spiro atoms. The molecule has 1 N–H and O–H groups in total. The number of hydrogen-bond acceptors (Lipinski definition) is 4. The van der Waals surface area contributed by atoms with Gasteiger partial charge in [0.2, 0.25) is 0 Å². The Bertz CT molecular complexity index is 676. The second kappa shape index (κ2) is 6.79. The number of piperazine rings is 1. The van der Waals surface area contributed by atoms with Crippen LogP contribution in [0, 0.1) is 6.92 Å². The lowest BCUT2D eigenvalue weighted by Gasteiger charge is -2.33. The average Bonchev–Trinajstić information content (AvgIpc) is 2.58. The number of amides is 1. The Morgan fingerprint density at radius 2 is 1.83 bits per heavy atom. The van der Waals surface area contributed by atoms with E-state index in [9.17, 15) is 4.79 Å². The molecule has 1 fully saturated rings. The van der Waals surface area contributed by atoms with Crippen molar-refractivity contribution < 1.29 is 4.79 Å². The summed E-state index contributed by atoms with van der Waals surface area (Å²) in [6.45, 7) is 6.06. The molecule has 1 aliphatic heterocycles. The molecule has 3 rings (SSSR count). The van der Waals surface area contributed by atoms with Gasteiger partial charge in [-0.1, -0.05) is 18.2 Å². The van der Waals surface area contributed by atoms with Crippen molar-refractivity contribution in [1.29, 1.82) is 0 Å². The van der Waals surface area contributed by atoms with Gasteiger partial charge in [0.1, 0.15) is 5.69 Å². The number of rotatable bonds is 3. The average molecular weight is 310 g/mol. The first kappa shape index (κ1) is 15.5. The summed E-state index contributed by atoms with van der Waals surface area (Å²) in [5.74, 6) is -0.177. The Balaban J connectivity index is 1.67. The number of nitrogens with zero attached hydrogens (tertiary/aromatic N) is 3. The van der Waals surface area contributed by atoms with Gasteiger partial charge in [0.25, 0.3) is 5.91 Å². The van der Waals surface area contributed by atoms with Crippen LogP contribution in [0.5, 0.6) is 0 Å². The van der Waals surface area contributed by atoms with E-state index < -0.39 is 0 Å². The molecule has 1 saturated heterocycles. The van der Waals surface area contributed by atoms with Crippen molar-refractivity contribution in [1.82, 2.24) is 9.88 Å². The van der Waals surface area contributed by atoms with Crippen LogP contribution in [-0.4, -0.2) is 49.0 Å². The van der Waals surface area contributed by atoms with Crippen LogP contribution >= 0.6 is 0 Å². The lowest BCUT2D eigenvalue weighted by molar-refractivity contribution is 0.102. The second-order valence-corrected chi connectivity index (χ2v) is 5.96. The number of pyridine rings is 1. The Morgan fingerprint density at radius 3 is 2.48 bits per heavy atom. The highest BCUT2D eigenvalue weighted by Crippen LogP contribution is 2.17. The van der Waals surface area contributed by atoms with Gasteiger partial charge in [-0.05, 0) is 37.7 Å². The molecule has 1 aliphatic rings. The van der Waals surface area contributed by atoms with Crippen LogP contribution in [0.4, 0.5) is 11.4 Å². The molecule has 1 aromatic carbocycles. The zero-order chi connectivity index (χ0) is 16.2. The fourth-order valence-corrected chi connectivity index (χ4v) is 2.67. The van der Waals surface area contributed by atoms with Gasteiger partial charge < -0.3 is 15.1 Å². The minimum atomic E-state index is -0.177. The van der Waals surface area contributed by atoms with Crippen molar-refractivity contribution in [2.75, 3.05) is 43.4 Å². The maximum absolute atomic E-state index is 12.3. The molecule has 0 aliphatic carbocycles. The quantitative estimate of drug-likeness (QED) is 0.946. The van der Waals surface area contributed by atoms with Gasteiger partial charge in [-0.2, -0.15) is 0 Å². The van der Waals surface area contributed by atoms with E-state index in [1.54, 1.807) is 12.3 Å². The van der Waals surface area contributed by atoms with Gasteiger partial charge in [0.05, 0.1) is 11.9 Å². The Hall–Kier alpha value is -2.40.